The Morgan fingerprint density at radius 3 is 2.00 bits per heavy atom. The SMILES string of the molecule is OCC[CH2][Zn+2].[O-2]. The molecule has 0 radical (unpaired) electrons. The van der Waals surface area contributed by atoms with Crippen LogP contribution in [-0.2, 0) is 23.8 Å². The minimum atomic E-state index is 0. The third-order valence-electron chi connectivity index (χ3n) is 0.408. The fourth-order valence-corrected chi connectivity index (χ4v) is 0.581. The molecule has 0 unspecified atom stereocenters. The van der Waals surface area contributed by atoms with Crippen LogP contribution in [-0.4, -0.2) is 11.7 Å². The van der Waals surface area contributed by atoms with Gasteiger partial charge in [0.2, 0.25) is 0 Å². The molecule has 0 fully saturated rings. The van der Waals surface area contributed by atoms with Gasteiger partial charge in [0.25, 0.3) is 0 Å². The van der Waals surface area contributed by atoms with Crippen molar-refractivity contribution in [2.24, 2.45) is 0 Å². The van der Waals surface area contributed by atoms with Crippen LogP contribution >= 0.6 is 0 Å². The largest absolute Gasteiger partial charge is 2.00 e. The molecule has 0 atom stereocenters. The summed E-state index contributed by atoms with van der Waals surface area (Å²) in [5.74, 6) is 0. The molecule has 0 rings (SSSR count). The summed E-state index contributed by atoms with van der Waals surface area (Å²) in [6.45, 7) is 0.375. The van der Waals surface area contributed by atoms with E-state index in [4.69, 9.17) is 5.11 Å². The first-order valence-electron chi connectivity index (χ1n) is 1.82. The molecule has 0 aromatic carbocycles. The van der Waals surface area contributed by atoms with E-state index in [9.17, 15) is 0 Å². The molecule has 33 valence electrons. The molecule has 0 aliphatic heterocycles. The molecule has 0 heterocycles. The number of hydrogen-bond donors (Lipinski definition) is 1. The molecule has 0 saturated heterocycles. The number of hydrogen-bond acceptors (Lipinski definition) is 1. The Morgan fingerprint density at radius 1 is 1.50 bits per heavy atom. The zero-order chi connectivity index (χ0) is 4.12. The van der Waals surface area contributed by atoms with E-state index in [2.05, 4.69) is 0 Å². The summed E-state index contributed by atoms with van der Waals surface area (Å²) in [6.07, 6.45) is 1.00. The Morgan fingerprint density at radius 2 is 2.00 bits per heavy atom. The van der Waals surface area contributed by atoms with Crippen molar-refractivity contribution in [3.63, 3.8) is 0 Å². The third kappa shape index (κ3) is 8.82. The average molecular weight is 140 g/mol. The zero-order valence-corrected chi connectivity index (χ0v) is 6.65. The third-order valence-corrected chi connectivity index (χ3v) is 1.46. The molecule has 0 aromatic heterocycles. The van der Waals surface area contributed by atoms with Gasteiger partial charge in [-0.05, 0) is 0 Å². The summed E-state index contributed by atoms with van der Waals surface area (Å²) in [6, 6.07) is 0. The molecule has 3 heteroatoms. The predicted octanol–water partition coefficient (Wildman–Crippen LogP) is 0.215. The monoisotopic (exact) mass is 139 g/mol. The molecule has 0 aromatic rings. The number of aliphatic hydroxyl groups is 1. The van der Waals surface area contributed by atoms with Crippen LogP contribution in [0, 0.1) is 0 Å². The summed E-state index contributed by atoms with van der Waals surface area (Å²) in [5, 5.41) is 9.30. The minimum Gasteiger partial charge on any atom is -2.00 e. The van der Waals surface area contributed by atoms with Crippen molar-refractivity contribution in [2.75, 3.05) is 6.61 Å². The van der Waals surface area contributed by atoms with Gasteiger partial charge in [-0.25, -0.2) is 0 Å². The van der Waals surface area contributed by atoms with Crippen LogP contribution in [0.1, 0.15) is 6.42 Å². The fraction of sp³-hybridized carbons (Fsp3) is 1.00. The van der Waals surface area contributed by atoms with Gasteiger partial charge in [-0.2, -0.15) is 0 Å². The molecule has 1 N–H and O–H groups in total. The molecule has 0 aliphatic rings. The van der Waals surface area contributed by atoms with E-state index in [0.717, 1.165) is 6.42 Å². The van der Waals surface area contributed by atoms with Crippen molar-refractivity contribution in [1.29, 1.82) is 0 Å². The Balaban J connectivity index is 0. The van der Waals surface area contributed by atoms with Crippen LogP contribution in [0.15, 0.2) is 0 Å². The summed E-state index contributed by atoms with van der Waals surface area (Å²) >= 11 is 1.32. The first kappa shape index (κ1) is 9.74. The Hall–Kier alpha value is 0.543. The molecule has 0 bridgehead atoms. The predicted molar refractivity (Wildman–Crippen MR) is 17.2 cm³/mol. The molecule has 2 nitrogen and oxygen atoms in total. The van der Waals surface area contributed by atoms with Gasteiger partial charge >= 0.3 is 41.5 Å². The van der Waals surface area contributed by atoms with Crippen molar-refractivity contribution in [1.82, 2.24) is 0 Å². The molecule has 0 amide bonds. The fourth-order valence-electron chi connectivity index (χ4n) is 0.112. The Labute approximate surface area is 47.5 Å². The van der Waals surface area contributed by atoms with Gasteiger partial charge in [0.15, 0.2) is 0 Å². The molecule has 0 spiro atoms. The van der Waals surface area contributed by atoms with E-state index < -0.39 is 0 Å². The molecule has 0 aliphatic carbocycles. The molecular formula is C3H7O2Zn. The van der Waals surface area contributed by atoms with E-state index in [1.54, 1.807) is 0 Å². The van der Waals surface area contributed by atoms with Crippen LogP contribution in [0.5, 0.6) is 0 Å². The first-order valence-corrected chi connectivity index (χ1v) is 3.91. The summed E-state index contributed by atoms with van der Waals surface area (Å²) < 4.78 is 0. The van der Waals surface area contributed by atoms with Gasteiger partial charge < -0.3 is 5.48 Å². The second-order valence-corrected chi connectivity index (χ2v) is 2.41. The second-order valence-electron chi connectivity index (χ2n) is 0.931. The van der Waals surface area contributed by atoms with Crippen LogP contribution in [0.2, 0.25) is 5.02 Å². The molecule has 0 saturated carbocycles. The van der Waals surface area contributed by atoms with Crippen molar-refractivity contribution in [3.05, 3.63) is 0 Å². The molecule has 6 heavy (non-hydrogen) atoms. The van der Waals surface area contributed by atoms with Crippen molar-refractivity contribution in [3.8, 4) is 0 Å². The normalized spacial score (nSPS) is 7.17. The summed E-state index contributed by atoms with van der Waals surface area (Å²) in [4.78, 5) is 0. The van der Waals surface area contributed by atoms with Crippen molar-refractivity contribution < 1.29 is 28.9 Å². The second kappa shape index (κ2) is 9.11. The van der Waals surface area contributed by atoms with Gasteiger partial charge in [0, 0.05) is 0 Å². The van der Waals surface area contributed by atoms with E-state index in [1.807, 2.05) is 0 Å². The first-order chi connectivity index (χ1) is 2.41. The summed E-state index contributed by atoms with van der Waals surface area (Å²) in [5.41, 5.74) is 0. The van der Waals surface area contributed by atoms with Gasteiger partial charge in [-0.15, -0.1) is 0 Å². The van der Waals surface area contributed by atoms with Crippen LogP contribution in [0.25, 0.3) is 0 Å². The number of rotatable bonds is 2. The van der Waals surface area contributed by atoms with Gasteiger partial charge in [-0.3, -0.25) is 0 Å². The van der Waals surface area contributed by atoms with Gasteiger partial charge in [-0.1, -0.05) is 0 Å². The van der Waals surface area contributed by atoms with Crippen molar-refractivity contribution in [2.45, 2.75) is 11.4 Å². The van der Waals surface area contributed by atoms with Crippen LogP contribution in [0.4, 0.5) is 0 Å². The smallest absolute Gasteiger partial charge is 2.00 e. The van der Waals surface area contributed by atoms with Gasteiger partial charge in [0.05, 0.1) is 0 Å². The van der Waals surface area contributed by atoms with Crippen LogP contribution in [0.3, 0.4) is 0 Å². The quantitative estimate of drug-likeness (QED) is 0.548. The van der Waals surface area contributed by atoms with Crippen molar-refractivity contribution >= 4 is 0 Å². The Kier molecular flexibility index (Phi) is 14.8. The maximum atomic E-state index is 8.09. The van der Waals surface area contributed by atoms with Gasteiger partial charge in [0.1, 0.15) is 0 Å². The maximum Gasteiger partial charge on any atom is -2.00 e. The van der Waals surface area contributed by atoms with E-state index in [-0.39, 0.29) is 5.48 Å². The Bertz CT molecular complexity index is 16.3. The van der Waals surface area contributed by atoms with E-state index in [1.165, 1.54) is 23.3 Å². The topological polar surface area (TPSA) is 48.7 Å². The van der Waals surface area contributed by atoms with E-state index >= 15 is 0 Å². The number of aliphatic hydroxyl groups excluding tert-OH is 1. The maximum absolute atomic E-state index is 8.09. The van der Waals surface area contributed by atoms with E-state index in [0.29, 0.717) is 6.61 Å². The average Bonchev–Trinajstić information content (AvgIpc) is 1.41. The zero-order valence-electron chi connectivity index (χ0n) is 3.68. The molecular weight excluding hydrogens is 133 g/mol. The minimum absolute atomic E-state index is 0. The summed E-state index contributed by atoms with van der Waals surface area (Å²) in [7, 11) is 0. The standard InChI is InChI=1S/C3H7O.O.Zn/c1-2-3-4;;/h4H,1-3H2;;/q;-2;+2. The van der Waals surface area contributed by atoms with Crippen LogP contribution < -0.4 is 0 Å².